The Morgan fingerprint density at radius 2 is 2.10 bits per heavy atom. The van der Waals surface area contributed by atoms with Gasteiger partial charge in [-0.25, -0.2) is 13.6 Å². The molecule has 6 nitrogen and oxygen atoms in total. The van der Waals surface area contributed by atoms with Crippen molar-refractivity contribution >= 4 is 17.6 Å². The average Bonchev–Trinajstić information content (AvgIpc) is 2.43. The van der Waals surface area contributed by atoms with Crippen molar-refractivity contribution in [3.8, 4) is 5.75 Å². The first-order chi connectivity index (χ1) is 9.93. The van der Waals surface area contributed by atoms with Gasteiger partial charge in [0.15, 0.2) is 0 Å². The molecule has 0 saturated heterocycles. The molecule has 0 radical (unpaired) electrons. The van der Waals surface area contributed by atoms with Crippen LogP contribution in [-0.4, -0.2) is 43.7 Å². The molecule has 116 valence electrons. The number of benzene rings is 1. The molecule has 0 aliphatic rings. The van der Waals surface area contributed by atoms with E-state index in [9.17, 15) is 18.4 Å². The Morgan fingerprint density at radius 1 is 1.38 bits per heavy atom. The molecule has 0 spiro atoms. The minimum atomic E-state index is -2.59. The second-order valence-electron chi connectivity index (χ2n) is 3.98. The van der Waals surface area contributed by atoms with Gasteiger partial charge in [-0.2, -0.15) is 0 Å². The molecular formula is C13H15F2NO5. The minimum Gasteiger partial charge on any atom is -0.497 e. The second-order valence-corrected chi connectivity index (χ2v) is 3.98. The number of ether oxygens (including phenoxy) is 2. The number of hydrogen-bond acceptors (Lipinski definition) is 4. The van der Waals surface area contributed by atoms with Crippen molar-refractivity contribution in [1.82, 2.24) is 0 Å². The number of anilines is 1. The first kappa shape index (κ1) is 16.8. The van der Waals surface area contributed by atoms with E-state index in [1.54, 1.807) is 0 Å². The second kappa shape index (κ2) is 8.15. The van der Waals surface area contributed by atoms with Crippen molar-refractivity contribution in [3.63, 3.8) is 0 Å². The Hall–Kier alpha value is -2.22. The van der Waals surface area contributed by atoms with Gasteiger partial charge in [0.2, 0.25) is 5.91 Å². The summed E-state index contributed by atoms with van der Waals surface area (Å²) >= 11 is 0. The fourth-order valence-corrected chi connectivity index (χ4v) is 1.49. The molecule has 0 heterocycles. The van der Waals surface area contributed by atoms with Crippen molar-refractivity contribution in [2.45, 2.75) is 12.8 Å². The topological polar surface area (TPSA) is 84.9 Å². The number of carbonyl (C=O) groups is 2. The van der Waals surface area contributed by atoms with E-state index in [4.69, 9.17) is 9.84 Å². The number of carboxylic acid groups (broad SMARTS) is 1. The molecular weight excluding hydrogens is 288 g/mol. The van der Waals surface area contributed by atoms with E-state index >= 15 is 0 Å². The highest BCUT2D eigenvalue weighted by atomic mass is 19.3. The Morgan fingerprint density at radius 3 is 2.67 bits per heavy atom. The van der Waals surface area contributed by atoms with E-state index in [0.717, 1.165) is 0 Å². The summed E-state index contributed by atoms with van der Waals surface area (Å²) in [5.74, 6) is -1.42. The van der Waals surface area contributed by atoms with Gasteiger partial charge in [0, 0.05) is 0 Å². The van der Waals surface area contributed by atoms with Gasteiger partial charge >= 0.3 is 5.97 Å². The van der Waals surface area contributed by atoms with Gasteiger partial charge in [-0.05, 0) is 18.2 Å². The molecule has 0 aliphatic heterocycles. The number of halogens is 2. The molecule has 0 saturated carbocycles. The minimum absolute atomic E-state index is 0.0992. The maximum absolute atomic E-state index is 11.8. The summed E-state index contributed by atoms with van der Waals surface area (Å²) in [5, 5.41) is 11.4. The van der Waals surface area contributed by atoms with Gasteiger partial charge in [-0.15, -0.1) is 0 Å². The van der Waals surface area contributed by atoms with Gasteiger partial charge in [0.05, 0.1) is 31.4 Å². The number of alkyl halides is 2. The number of nitrogens with one attached hydrogen (secondary N) is 1. The van der Waals surface area contributed by atoms with Crippen LogP contribution in [0.15, 0.2) is 18.2 Å². The van der Waals surface area contributed by atoms with Crippen LogP contribution in [0.3, 0.4) is 0 Å². The highest BCUT2D eigenvalue weighted by molar-refractivity contribution is 6.00. The number of methoxy groups -OCH3 is 1. The predicted octanol–water partition coefficient (Wildman–Crippen LogP) is 2.00. The van der Waals surface area contributed by atoms with Crippen LogP contribution in [0.5, 0.6) is 5.75 Å². The summed E-state index contributed by atoms with van der Waals surface area (Å²) in [6.45, 7) is -0.912. The Bertz CT molecular complexity index is 507. The van der Waals surface area contributed by atoms with Gasteiger partial charge in [0.1, 0.15) is 12.4 Å². The van der Waals surface area contributed by atoms with Crippen molar-refractivity contribution in [2.24, 2.45) is 0 Å². The number of hydrogen-bond donors (Lipinski definition) is 2. The Kier molecular flexibility index (Phi) is 6.54. The van der Waals surface area contributed by atoms with Gasteiger partial charge in [0.25, 0.3) is 6.43 Å². The molecule has 1 aromatic rings. The third-order valence-electron chi connectivity index (χ3n) is 2.45. The van der Waals surface area contributed by atoms with E-state index in [1.807, 2.05) is 0 Å². The fraction of sp³-hybridized carbons (Fsp3) is 0.385. The van der Waals surface area contributed by atoms with Crippen LogP contribution in [0.1, 0.15) is 16.8 Å². The smallest absolute Gasteiger partial charge is 0.337 e. The lowest BCUT2D eigenvalue weighted by Gasteiger charge is -2.10. The molecule has 0 unspecified atom stereocenters. The van der Waals surface area contributed by atoms with Gasteiger partial charge < -0.3 is 19.9 Å². The quantitative estimate of drug-likeness (QED) is 0.718. The number of aromatic carboxylic acids is 1. The lowest BCUT2D eigenvalue weighted by Crippen LogP contribution is -2.17. The summed E-state index contributed by atoms with van der Waals surface area (Å²) in [7, 11) is 1.39. The van der Waals surface area contributed by atoms with Crippen LogP contribution < -0.4 is 10.1 Å². The molecule has 21 heavy (non-hydrogen) atoms. The molecule has 8 heteroatoms. The maximum Gasteiger partial charge on any atom is 0.337 e. The number of carboxylic acids is 1. The van der Waals surface area contributed by atoms with E-state index in [-0.39, 0.29) is 24.3 Å². The number of carbonyl (C=O) groups excluding carboxylic acids is 1. The van der Waals surface area contributed by atoms with E-state index < -0.39 is 24.9 Å². The standard InChI is InChI=1S/C13H15F2NO5/c1-20-8-2-3-10(9(6-8)13(18)19)16-12(17)4-5-21-7-11(14)15/h2-3,6,11H,4-5,7H2,1H3,(H,16,17)(H,18,19). The van der Waals surface area contributed by atoms with Crippen molar-refractivity contribution in [1.29, 1.82) is 0 Å². The van der Waals surface area contributed by atoms with Crippen LogP contribution in [0, 0.1) is 0 Å². The molecule has 0 fully saturated rings. The molecule has 0 aliphatic carbocycles. The summed E-state index contributed by atoms with van der Waals surface area (Å²) < 4.78 is 33.1. The monoisotopic (exact) mass is 303 g/mol. The summed E-state index contributed by atoms with van der Waals surface area (Å²) in [6.07, 6.45) is -2.74. The Balaban J connectivity index is 2.61. The largest absolute Gasteiger partial charge is 0.497 e. The van der Waals surface area contributed by atoms with E-state index in [0.29, 0.717) is 5.75 Å². The summed E-state index contributed by atoms with van der Waals surface area (Å²) in [6, 6.07) is 4.15. The number of amides is 1. The van der Waals surface area contributed by atoms with Crippen LogP contribution >= 0.6 is 0 Å². The Labute approximate surface area is 119 Å². The molecule has 0 atom stereocenters. The molecule has 0 aromatic heterocycles. The van der Waals surface area contributed by atoms with Crippen molar-refractivity contribution < 1.29 is 33.0 Å². The van der Waals surface area contributed by atoms with E-state index in [1.165, 1.54) is 25.3 Å². The zero-order valence-corrected chi connectivity index (χ0v) is 11.3. The van der Waals surface area contributed by atoms with Crippen LogP contribution in [-0.2, 0) is 9.53 Å². The zero-order valence-electron chi connectivity index (χ0n) is 11.3. The average molecular weight is 303 g/mol. The third kappa shape index (κ3) is 5.74. The SMILES string of the molecule is COc1ccc(NC(=O)CCOCC(F)F)c(C(=O)O)c1. The normalized spacial score (nSPS) is 10.5. The lowest BCUT2D eigenvalue weighted by molar-refractivity contribution is -0.117. The fourth-order valence-electron chi connectivity index (χ4n) is 1.49. The molecule has 0 bridgehead atoms. The van der Waals surface area contributed by atoms with Crippen LogP contribution in [0.2, 0.25) is 0 Å². The molecule has 1 rings (SSSR count). The molecule has 1 aromatic carbocycles. The van der Waals surface area contributed by atoms with Crippen LogP contribution in [0.25, 0.3) is 0 Å². The van der Waals surface area contributed by atoms with Gasteiger partial charge in [-0.1, -0.05) is 0 Å². The van der Waals surface area contributed by atoms with Crippen molar-refractivity contribution in [2.75, 3.05) is 25.6 Å². The first-order valence-corrected chi connectivity index (χ1v) is 6.01. The molecule has 1 amide bonds. The summed E-state index contributed by atoms with van der Waals surface area (Å²) in [5.41, 5.74) is -0.0293. The van der Waals surface area contributed by atoms with Crippen LogP contribution in [0.4, 0.5) is 14.5 Å². The lowest BCUT2D eigenvalue weighted by atomic mass is 10.1. The highest BCUT2D eigenvalue weighted by Gasteiger charge is 2.14. The van der Waals surface area contributed by atoms with E-state index in [2.05, 4.69) is 10.1 Å². The molecule has 2 N–H and O–H groups in total. The van der Waals surface area contributed by atoms with Crippen molar-refractivity contribution in [3.05, 3.63) is 23.8 Å². The maximum atomic E-state index is 11.8. The number of rotatable bonds is 8. The highest BCUT2D eigenvalue weighted by Crippen LogP contribution is 2.22. The van der Waals surface area contributed by atoms with Gasteiger partial charge in [-0.3, -0.25) is 4.79 Å². The summed E-state index contributed by atoms with van der Waals surface area (Å²) in [4.78, 5) is 22.7. The predicted molar refractivity (Wildman–Crippen MR) is 70.0 cm³/mol. The zero-order chi connectivity index (χ0) is 15.8. The third-order valence-corrected chi connectivity index (χ3v) is 2.45. The first-order valence-electron chi connectivity index (χ1n) is 6.01.